The lowest BCUT2D eigenvalue weighted by atomic mass is 10.3. The van der Waals surface area contributed by atoms with Crippen molar-refractivity contribution in [1.82, 2.24) is 20.2 Å². The number of aromatic amines is 1. The molecule has 0 aliphatic heterocycles. The van der Waals surface area contributed by atoms with Crippen LogP contribution in [0.15, 0.2) is 29.1 Å². The highest BCUT2D eigenvalue weighted by Crippen LogP contribution is 2.11. The van der Waals surface area contributed by atoms with Gasteiger partial charge in [0, 0.05) is 6.07 Å². The van der Waals surface area contributed by atoms with E-state index in [0.717, 1.165) is 4.68 Å². The quantitative estimate of drug-likeness (QED) is 0.625. The monoisotopic (exact) mass is 178 g/mol. The maximum absolute atomic E-state index is 11.0. The van der Waals surface area contributed by atoms with E-state index in [4.69, 9.17) is 5.11 Å². The number of phenols is 1. The summed E-state index contributed by atoms with van der Waals surface area (Å²) in [5.41, 5.74) is 0.0318. The van der Waals surface area contributed by atoms with E-state index in [1.165, 1.54) is 12.1 Å². The van der Waals surface area contributed by atoms with Crippen LogP contribution >= 0.6 is 0 Å². The number of aromatic nitrogens is 4. The predicted molar refractivity (Wildman–Crippen MR) is 43.6 cm³/mol. The zero-order valence-electron chi connectivity index (χ0n) is 6.51. The Morgan fingerprint density at radius 2 is 2.31 bits per heavy atom. The largest absolute Gasteiger partial charge is 0.508 e. The summed E-state index contributed by atoms with van der Waals surface area (Å²) in [6.07, 6.45) is 0. The zero-order chi connectivity index (χ0) is 9.26. The molecule has 2 N–H and O–H groups in total. The van der Waals surface area contributed by atoms with E-state index in [1.54, 1.807) is 12.1 Å². The van der Waals surface area contributed by atoms with Gasteiger partial charge in [0.25, 0.3) is 0 Å². The second-order valence-electron chi connectivity index (χ2n) is 2.44. The fourth-order valence-electron chi connectivity index (χ4n) is 0.992. The van der Waals surface area contributed by atoms with Crippen molar-refractivity contribution in [2.75, 3.05) is 0 Å². The lowest BCUT2D eigenvalue weighted by Crippen LogP contribution is -2.15. The molecule has 0 atom stereocenters. The molecule has 0 unspecified atom stereocenters. The van der Waals surface area contributed by atoms with Gasteiger partial charge in [-0.25, -0.2) is 9.89 Å². The predicted octanol–water partition coefficient (Wildman–Crippen LogP) is -0.339. The number of nitrogens with one attached hydrogen (secondary N) is 1. The number of benzene rings is 1. The summed E-state index contributed by atoms with van der Waals surface area (Å²) >= 11 is 0. The minimum atomic E-state index is -0.439. The first-order chi connectivity index (χ1) is 6.27. The van der Waals surface area contributed by atoms with Crippen LogP contribution in [0.4, 0.5) is 0 Å². The number of hydrogen-bond donors (Lipinski definition) is 2. The second kappa shape index (κ2) is 2.74. The molecule has 6 heteroatoms. The van der Waals surface area contributed by atoms with E-state index in [9.17, 15) is 4.79 Å². The van der Waals surface area contributed by atoms with E-state index >= 15 is 0 Å². The van der Waals surface area contributed by atoms with E-state index < -0.39 is 5.69 Å². The minimum Gasteiger partial charge on any atom is -0.508 e. The van der Waals surface area contributed by atoms with Crippen LogP contribution in [0, 0.1) is 0 Å². The van der Waals surface area contributed by atoms with Gasteiger partial charge in [-0.3, -0.25) is 0 Å². The third kappa shape index (κ3) is 1.28. The normalized spacial score (nSPS) is 10.2. The highest BCUT2D eigenvalue weighted by molar-refractivity contribution is 5.36. The summed E-state index contributed by atoms with van der Waals surface area (Å²) in [4.78, 5) is 11.0. The standard InChI is InChI=1S/C7H6N4O2/c12-6-3-1-2-5(4-6)11-7(13)8-9-10-11/h1-4,12H,(H,8,10,13). The van der Waals surface area contributed by atoms with Crippen LogP contribution < -0.4 is 5.69 Å². The van der Waals surface area contributed by atoms with Crippen molar-refractivity contribution in [2.45, 2.75) is 0 Å². The number of aromatic hydroxyl groups is 1. The van der Waals surface area contributed by atoms with E-state index in [1.807, 2.05) is 0 Å². The molecule has 1 heterocycles. The molecule has 0 radical (unpaired) electrons. The summed E-state index contributed by atoms with van der Waals surface area (Å²) in [5, 5.41) is 18.1. The van der Waals surface area contributed by atoms with Crippen molar-refractivity contribution >= 4 is 0 Å². The van der Waals surface area contributed by atoms with Crippen molar-refractivity contribution in [1.29, 1.82) is 0 Å². The van der Waals surface area contributed by atoms with Gasteiger partial charge in [-0.1, -0.05) is 6.07 Å². The Bertz CT molecular complexity index is 473. The van der Waals surface area contributed by atoms with Gasteiger partial charge in [0.1, 0.15) is 5.75 Å². The molecule has 1 aromatic heterocycles. The number of hydrogen-bond acceptors (Lipinski definition) is 4. The molecular formula is C7H6N4O2. The third-order valence-corrected chi connectivity index (χ3v) is 1.55. The van der Waals surface area contributed by atoms with Gasteiger partial charge in [-0.05, 0) is 22.6 Å². The van der Waals surface area contributed by atoms with Crippen LogP contribution in [0.25, 0.3) is 5.69 Å². The van der Waals surface area contributed by atoms with Crippen LogP contribution in [-0.2, 0) is 0 Å². The second-order valence-corrected chi connectivity index (χ2v) is 2.44. The minimum absolute atomic E-state index is 0.0763. The first kappa shape index (κ1) is 7.53. The highest BCUT2D eigenvalue weighted by Gasteiger charge is 2.02. The van der Waals surface area contributed by atoms with Gasteiger partial charge in [-0.2, -0.15) is 4.68 Å². The van der Waals surface area contributed by atoms with Gasteiger partial charge in [0.2, 0.25) is 0 Å². The smallest absolute Gasteiger partial charge is 0.365 e. The summed E-state index contributed by atoms with van der Waals surface area (Å²) in [5.74, 6) is 0.0763. The Hall–Kier alpha value is -2.11. The van der Waals surface area contributed by atoms with Crippen LogP contribution in [0.3, 0.4) is 0 Å². The maximum Gasteiger partial charge on any atom is 0.365 e. The van der Waals surface area contributed by atoms with Crippen molar-refractivity contribution in [3.63, 3.8) is 0 Å². The molecule has 0 fully saturated rings. The molecule has 0 saturated carbocycles. The summed E-state index contributed by atoms with van der Waals surface area (Å²) < 4.78 is 1.06. The van der Waals surface area contributed by atoms with Crippen LogP contribution in [0.1, 0.15) is 0 Å². The summed E-state index contributed by atoms with van der Waals surface area (Å²) in [6, 6.07) is 6.19. The molecule has 1 aromatic carbocycles. The van der Waals surface area contributed by atoms with Crippen molar-refractivity contribution in [3.05, 3.63) is 34.7 Å². The molecule has 2 rings (SSSR count). The van der Waals surface area contributed by atoms with Crippen molar-refractivity contribution in [2.24, 2.45) is 0 Å². The Kier molecular flexibility index (Phi) is 1.59. The number of H-pyrrole nitrogens is 1. The molecule has 0 aliphatic carbocycles. The zero-order valence-corrected chi connectivity index (χ0v) is 6.51. The Labute approximate surface area is 72.4 Å². The molecule has 2 aromatic rings. The van der Waals surface area contributed by atoms with Gasteiger partial charge < -0.3 is 5.11 Å². The van der Waals surface area contributed by atoms with Gasteiger partial charge in [0.15, 0.2) is 0 Å². The lowest BCUT2D eigenvalue weighted by Gasteiger charge is -1.97. The van der Waals surface area contributed by atoms with E-state index in [0.29, 0.717) is 5.69 Å². The number of nitrogens with zero attached hydrogens (tertiary/aromatic N) is 3. The molecule has 0 spiro atoms. The van der Waals surface area contributed by atoms with Crippen LogP contribution in [0.5, 0.6) is 5.75 Å². The Balaban J connectivity index is 2.59. The topological polar surface area (TPSA) is 83.8 Å². The molecule has 6 nitrogen and oxygen atoms in total. The highest BCUT2D eigenvalue weighted by atomic mass is 16.3. The van der Waals surface area contributed by atoms with Gasteiger partial charge in [0.05, 0.1) is 5.69 Å². The SMILES string of the molecule is O=c1[nH]nnn1-c1cccc(O)c1. The molecule has 0 saturated heterocycles. The third-order valence-electron chi connectivity index (χ3n) is 1.55. The van der Waals surface area contributed by atoms with E-state index in [2.05, 4.69) is 15.5 Å². The van der Waals surface area contributed by atoms with Crippen LogP contribution in [-0.4, -0.2) is 25.3 Å². The first-order valence-corrected chi connectivity index (χ1v) is 3.57. The average molecular weight is 178 g/mol. The molecule has 0 bridgehead atoms. The van der Waals surface area contributed by atoms with Gasteiger partial charge in [-0.15, -0.1) is 0 Å². The molecule has 0 amide bonds. The molecule has 0 aliphatic rings. The number of tetrazole rings is 1. The fourth-order valence-corrected chi connectivity index (χ4v) is 0.992. The van der Waals surface area contributed by atoms with Gasteiger partial charge >= 0.3 is 5.69 Å². The fraction of sp³-hybridized carbons (Fsp3) is 0. The lowest BCUT2D eigenvalue weighted by molar-refractivity contribution is 0.474. The van der Waals surface area contributed by atoms with Crippen molar-refractivity contribution < 1.29 is 5.11 Å². The van der Waals surface area contributed by atoms with Crippen molar-refractivity contribution in [3.8, 4) is 11.4 Å². The average Bonchev–Trinajstić information content (AvgIpc) is 2.51. The number of rotatable bonds is 1. The first-order valence-electron chi connectivity index (χ1n) is 3.57. The molecule has 66 valence electrons. The summed E-state index contributed by atoms with van der Waals surface area (Å²) in [6.45, 7) is 0. The molecular weight excluding hydrogens is 172 g/mol. The number of phenolic OH excluding ortho intramolecular Hbond substituents is 1. The maximum atomic E-state index is 11.0. The summed E-state index contributed by atoms with van der Waals surface area (Å²) in [7, 11) is 0. The Morgan fingerprint density at radius 3 is 2.92 bits per heavy atom. The molecule has 13 heavy (non-hydrogen) atoms. The van der Waals surface area contributed by atoms with Crippen LogP contribution in [0.2, 0.25) is 0 Å². The Morgan fingerprint density at radius 1 is 1.46 bits per heavy atom. The van der Waals surface area contributed by atoms with E-state index in [-0.39, 0.29) is 5.75 Å².